The van der Waals surface area contributed by atoms with Crippen molar-refractivity contribution in [2.75, 3.05) is 13.1 Å². The first-order valence-electron chi connectivity index (χ1n) is 13.9. The van der Waals surface area contributed by atoms with Crippen molar-refractivity contribution in [3.05, 3.63) is 70.8 Å². The van der Waals surface area contributed by atoms with Crippen molar-refractivity contribution < 1.29 is 47.0 Å². The maximum atomic E-state index is 14.2. The van der Waals surface area contributed by atoms with Crippen molar-refractivity contribution in [1.29, 1.82) is 0 Å². The number of aliphatic hydroxyl groups is 1. The first-order chi connectivity index (χ1) is 20.3. The van der Waals surface area contributed by atoms with Gasteiger partial charge in [-0.3, -0.25) is 14.4 Å². The van der Waals surface area contributed by atoms with Crippen LogP contribution in [0, 0.1) is 17.6 Å². The molecule has 0 bridgehead atoms. The van der Waals surface area contributed by atoms with Gasteiger partial charge < -0.3 is 25.7 Å². The molecule has 1 fully saturated rings. The van der Waals surface area contributed by atoms with Gasteiger partial charge in [-0.1, -0.05) is 50.6 Å². The average Bonchev–Trinajstić information content (AvgIpc) is 3.42. The number of benzene rings is 2. The second-order valence-corrected chi connectivity index (χ2v) is 10.6. The van der Waals surface area contributed by atoms with E-state index in [1.54, 1.807) is 32.0 Å². The molecule has 3 amide bonds. The Morgan fingerprint density at radius 1 is 1.07 bits per heavy atom. The third-order valence-electron chi connectivity index (χ3n) is 7.70. The van der Waals surface area contributed by atoms with E-state index in [1.165, 1.54) is 4.90 Å². The van der Waals surface area contributed by atoms with Gasteiger partial charge >= 0.3 is 5.97 Å². The summed E-state index contributed by atoms with van der Waals surface area (Å²) in [5, 5.41) is 24.1. The van der Waals surface area contributed by atoms with Crippen molar-refractivity contribution in [2.24, 2.45) is 5.92 Å². The molecule has 0 aliphatic carbocycles. The summed E-state index contributed by atoms with van der Waals surface area (Å²) in [6.07, 6.45) is -5.25. The summed E-state index contributed by atoms with van der Waals surface area (Å²) in [6, 6.07) is 7.41. The molecular weight excluding hydrogens is 574 g/mol. The number of halogens is 4. The highest BCUT2D eigenvalue weighted by Crippen LogP contribution is 2.33. The SMILES string of the molecule is CCC(C)[C@@H](O)C(=O)N1C[C@H](c2ccccc2)C[C@H]1C(=O)N[C@@H](CC(F)F)C(=O)NCCc1c(F)cc(C(=O)O)cc1F. The number of hydrogen-bond acceptors (Lipinski definition) is 5. The predicted octanol–water partition coefficient (Wildman–Crippen LogP) is 3.25. The monoisotopic (exact) mass is 609 g/mol. The van der Waals surface area contributed by atoms with Crippen LogP contribution in [-0.4, -0.2) is 76.5 Å². The summed E-state index contributed by atoms with van der Waals surface area (Å²) in [5.74, 6) is -7.10. The van der Waals surface area contributed by atoms with Crippen LogP contribution in [0.3, 0.4) is 0 Å². The predicted molar refractivity (Wildman–Crippen MR) is 147 cm³/mol. The van der Waals surface area contributed by atoms with Gasteiger partial charge in [-0.15, -0.1) is 0 Å². The number of carbonyl (C=O) groups excluding carboxylic acids is 3. The van der Waals surface area contributed by atoms with E-state index in [-0.39, 0.29) is 18.9 Å². The molecule has 234 valence electrons. The molecule has 0 aromatic heterocycles. The Labute approximate surface area is 246 Å². The van der Waals surface area contributed by atoms with Crippen LogP contribution in [0.5, 0.6) is 0 Å². The van der Waals surface area contributed by atoms with Gasteiger partial charge in [-0.2, -0.15) is 0 Å². The lowest BCUT2D eigenvalue weighted by Gasteiger charge is -2.29. The van der Waals surface area contributed by atoms with Crippen LogP contribution in [0.25, 0.3) is 0 Å². The molecule has 1 heterocycles. The first kappa shape index (κ1) is 33.5. The topological polar surface area (TPSA) is 136 Å². The Hall–Kier alpha value is -4.00. The van der Waals surface area contributed by atoms with E-state index in [2.05, 4.69) is 10.6 Å². The summed E-state index contributed by atoms with van der Waals surface area (Å²) in [5.41, 5.74) is -0.272. The highest BCUT2D eigenvalue weighted by atomic mass is 19.3. The summed E-state index contributed by atoms with van der Waals surface area (Å²) in [7, 11) is 0. The molecule has 0 spiro atoms. The summed E-state index contributed by atoms with van der Waals surface area (Å²) >= 11 is 0. The summed E-state index contributed by atoms with van der Waals surface area (Å²) in [6.45, 7) is 3.17. The Morgan fingerprint density at radius 3 is 2.26 bits per heavy atom. The van der Waals surface area contributed by atoms with E-state index < -0.39 is 96.4 Å². The van der Waals surface area contributed by atoms with Crippen molar-refractivity contribution in [3.63, 3.8) is 0 Å². The quantitative estimate of drug-likeness (QED) is 0.258. The lowest BCUT2D eigenvalue weighted by molar-refractivity contribution is -0.147. The molecule has 43 heavy (non-hydrogen) atoms. The van der Waals surface area contributed by atoms with Crippen molar-refractivity contribution in [1.82, 2.24) is 15.5 Å². The maximum absolute atomic E-state index is 14.2. The van der Waals surface area contributed by atoms with Crippen LogP contribution < -0.4 is 10.6 Å². The Balaban J connectivity index is 1.74. The van der Waals surface area contributed by atoms with Crippen molar-refractivity contribution in [3.8, 4) is 0 Å². The zero-order chi connectivity index (χ0) is 31.8. The molecule has 1 aliphatic rings. The van der Waals surface area contributed by atoms with Crippen LogP contribution in [0.1, 0.15) is 60.5 Å². The van der Waals surface area contributed by atoms with Crippen molar-refractivity contribution in [2.45, 2.75) is 70.1 Å². The van der Waals surface area contributed by atoms with Gasteiger partial charge in [-0.05, 0) is 36.5 Å². The lowest BCUT2D eigenvalue weighted by Crippen LogP contribution is -2.55. The molecule has 9 nitrogen and oxygen atoms in total. The normalized spacial score (nSPS) is 18.7. The first-order valence-corrected chi connectivity index (χ1v) is 13.9. The number of carboxylic acid groups (broad SMARTS) is 1. The molecule has 3 rings (SSSR count). The number of hydrogen-bond donors (Lipinski definition) is 4. The van der Waals surface area contributed by atoms with Gasteiger partial charge in [-0.25, -0.2) is 22.4 Å². The number of nitrogens with one attached hydrogen (secondary N) is 2. The molecule has 13 heteroatoms. The number of carboxylic acids is 1. The standard InChI is InChI=1S/C30H35F4N3O6/c1-3-16(2)26(38)29(41)37-15-19(17-7-5-4-6-8-17)13-24(37)28(40)36-23(14-25(33)34)27(39)35-10-9-20-21(31)11-18(30(42)43)12-22(20)32/h4-8,11-12,16,19,23-26,38H,3,9-10,13-15H2,1-2H3,(H,35,39)(H,36,40)(H,42,43)/t16?,19-,23+,24+,26-/m1/s1. The minimum Gasteiger partial charge on any atom is -0.478 e. The third kappa shape index (κ3) is 8.53. The average molecular weight is 610 g/mol. The van der Waals surface area contributed by atoms with Crippen LogP contribution in [-0.2, 0) is 20.8 Å². The van der Waals surface area contributed by atoms with E-state index >= 15 is 0 Å². The molecule has 1 saturated heterocycles. The van der Waals surface area contributed by atoms with Crippen LogP contribution in [0.2, 0.25) is 0 Å². The second kappa shape index (κ2) is 14.9. The Morgan fingerprint density at radius 2 is 1.70 bits per heavy atom. The molecule has 1 aliphatic heterocycles. The highest BCUT2D eigenvalue weighted by Gasteiger charge is 2.43. The van der Waals surface area contributed by atoms with E-state index in [4.69, 9.17) is 5.11 Å². The second-order valence-electron chi connectivity index (χ2n) is 10.6. The van der Waals surface area contributed by atoms with Gasteiger partial charge in [0, 0.05) is 31.0 Å². The van der Waals surface area contributed by atoms with Gasteiger partial charge in [0.1, 0.15) is 29.8 Å². The fourth-order valence-corrected chi connectivity index (χ4v) is 5.01. The molecule has 0 saturated carbocycles. The van der Waals surface area contributed by atoms with Gasteiger partial charge in [0.05, 0.1) is 5.56 Å². The van der Waals surface area contributed by atoms with Crippen LogP contribution in [0.15, 0.2) is 42.5 Å². The Kier molecular flexibility index (Phi) is 11.6. The highest BCUT2D eigenvalue weighted by molar-refractivity contribution is 5.93. The van der Waals surface area contributed by atoms with Gasteiger partial charge in [0.25, 0.3) is 5.91 Å². The molecule has 2 aromatic carbocycles. The van der Waals surface area contributed by atoms with E-state index in [0.29, 0.717) is 18.6 Å². The van der Waals surface area contributed by atoms with Gasteiger partial charge in [0.15, 0.2) is 0 Å². The zero-order valence-electron chi connectivity index (χ0n) is 23.7. The number of rotatable bonds is 13. The number of aromatic carboxylic acids is 1. The summed E-state index contributed by atoms with van der Waals surface area (Å²) < 4.78 is 55.3. The van der Waals surface area contributed by atoms with Crippen LogP contribution in [0.4, 0.5) is 17.6 Å². The molecule has 5 atom stereocenters. The number of carbonyl (C=O) groups is 4. The molecule has 2 aromatic rings. The number of amides is 3. The number of likely N-dealkylation sites (tertiary alicyclic amines) is 1. The van der Waals surface area contributed by atoms with E-state index in [1.807, 2.05) is 12.1 Å². The lowest BCUT2D eigenvalue weighted by atomic mass is 9.96. The van der Waals surface area contributed by atoms with E-state index in [9.17, 15) is 41.8 Å². The minimum absolute atomic E-state index is 0.0952. The molecule has 1 unspecified atom stereocenters. The minimum atomic E-state index is -3.00. The van der Waals surface area contributed by atoms with E-state index in [0.717, 1.165) is 5.56 Å². The molecule has 4 N–H and O–H groups in total. The fraction of sp³-hybridized carbons (Fsp3) is 0.467. The van der Waals surface area contributed by atoms with Gasteiger partial charge in [0.2, 0.25) is 18.2 Å². The zero-order valence-corrected chi connectivity index (χ0v) is 23.7. The number of aliphatic hydroxyl groups excluding tert-OH is 1. The molecular formula is C30H35F4N3O6. The maximum Gasteiger partial charge on any atom is 0.335 e. The third-order valence-corrected chi connectivity index (χ3v) is 7.70. The largest absolute Gasteiger partial charge is 0.478 e. The fourth-order valence-electron chi connectivity index (χ4n) is 5.01. The Bertz CT molecular complexity index is 1290. The number of alkyl halides is 2. The smallest absolute Gasteiger partial charge is 0.335 e. The number of nitrogens with zero attached hydrogens (tertiary/aromatic N) is 1. The summed E-state index contributed by atoms with van der Waals surface area (Å²) in [4.78, 5) is 51.6. The molecule has 0 radical (unpaired) electrons. The van der Waals surface area contributed by atoms with Crippen LogP contribution >= 0.6 is 0 Å². The van der Waals surface area contributed by atoms with Crippen molar-refractivity contribution >= 4 is 23.7 Å².